The predicted octanol–water partition coefficient (Wildman–Crippen LogP) is 5.70. The number of nitrogens with zero attached hydrogens (tertiary/aromatic N) is 1. The molecule has 3 rings (SSSR count). The van der Waals surface area contributed by atoms with E-state index in [2.05, 4.69) is 15.6 Å². The van der Waals surface area contributed by atoms with Crippen LogP contribution in [0.3, 0.4) is 0 Å². The summed E-state index contributed by atoms with van der Waals surface area (Å²) in [5.74, 6) is -2.46. The van der Waals surface area contributed by atoms with Crippen LogP contribution in [0, 0.1) is 11.6 Å². The van der Waals surface area contributed by atoms with E-state index < -0.39 is 23.4 Å². The fourth-order valence-electron chi connectivity index (χ4n) is 3.04. The van der Waals surface area contributed by atoms with Crippen LogP contribution in [0.4, 0.5) is 20.2 Å². The van der Waals surface area contributed by atoms with E-state index in [9.17, 15) is 18.4 Å². The third-order valence-corrected chi connectivity index (χ3v) is 5.34. The summed E-state index contributed by atoms with van der Waals surface area (Å²) in [5, 5.41) is 5.22. The summed E-state index contributed by atoms with van der Waals surface area (Å²) in [6.07, 6.45) is 3.01. The largest absolute Gasteiger partial charge is 0.398 e. The lowest BCUT2D eigenvalue weighted by atomic mass is 10.0. The van der Waals surface area contributed by atoms with Gasteiger partial charge in [-0.15, -0.1) is 0 Å². The highest BCUT2D eigenvalue weighted by Crippen LogP contribution is 2.33. The number of hydrogen-bond donors (Lipinski definition) is 3. The SMILES string of the molecule is CCCCNC(=O)c1ncc(NC(=O)c2cc(F)c(-c3ccc(F)cc3N)cc2Cl)cc1Cl. The van der Waals surface area contributed by atoms with Crippen molar-refractivity contribution in [3.8, 4) is 11.1 Å². The second-order valence-corrected chi connectivity index (χ2v) is 7.98. The van der Waals surface area contributed by atoms with Crippen LogP contribution < -0.4 is 16.4 Å². The maximum Gasteiger partial charge on any atom is 0.271 e. The molecule has 0 radical (unpaired) electrons. The van der Waals surface area contributed by atoms with E-state index >= 15 is 0 Å². The summed E-state index contributed by atoms with van der Waals surface area (Å²) >= 11 is 12.4. The number of unbranched alkanes of at least 4 members (excludes halogenated alkanes) is 1. The van der Waals surface area contributed by atoms with E-state index in [1.807, 2.05) is 6.92 Å². The Balaban J connectivity index is 1.80. The van der Waals surface area contributed by atoms with Gasteiger partial charge in [0.2, 0.25) is 0 Å². The van der Waals surface area contributed by atoms with Crippen molar-refractivity contribution in [2.75, 3.05) is 17.6 Å². The van der Waals surface area contributed by atoms with Crippen LogP contribution in [-0.4, -0.2) is 23.3 Å². The summed E-state index contributed by atoms with van der Waals surface area (Å²) in [5.41, 5.74) is 6.15. The number of hydrogen-bond acceptors (Lipinski definition) is 4. The fourth-order valence-corrected chi connectivity index (χ4v) is 3.54. The Morgan fingerprint density at radius 2 is 1.79 bits per heavy atom. The Morgan fingerprint density at radius 1 is 1.03 bits per heavy atom. The number of nitrogens with two attached hydrogens (primary N) is 1. The van der Waals surface area contributed by atoms with Crippen LogP contribution >= 0.6 is 23.2 Å². The molecule has 0 unspecified atom stereocenters. The minimum absolute atomic E-state index is 0.0242. The predicted molar refractivity (Wildman–Crippen MR) is 126 cm³/mol. The van der Waals surface area contributed by atoms with Gasteiger partial charge in [0.1, 0.15) is 17.3 Å². The second kappa shape index (κ2) is 10.6. The molecule has 0 fully saturated rings. The number of benzene rings is 2. The highest BCUT2D eigenvalue weighted by molar-refractivity contribution is 6.35. The minimum Gasteiger partial charge on any atom is -0.398 e. The van der Waals surface area contributed by atoms with Crippen LogP contribution in [0.5, 0.6) is 0 Å². The van der Waals surface area contributed by atoms with Crippen LogP contribution in [0.1, 0.15) is 40.6 Å². The van der Waals surface area contributed by atoms with Crippen molar-refractivity contribution in [1.82, 2.24) is 10.3 Å². The first-order valence-corrected chi connectivity index (χ1v) is 10.8. The normalized spacial score (nSPS) is 10.7. The van der Waals surface area contributed by atoms with E-state index in [0.717, 1.165) is 31.0 Å². The average molecular weight is 493 g/mol. The number of nitrogen functional groups attached to an aromatic ring is 1. The van der Waals surface area contributed by atoms with Crippen molar-refractivity contribution in [3.05, 3.63) is 75.5 Å². The van der Waals surface area contributed by atoms with Gasteiger partial charge in [-0.2, -0.15) is 0 Å². The quantitative estimate of drug-likeness (QED) is 0.291. The molecular weight excluding hydrogens is 473 g/mol. The van der Waals surface area contributed by atoms with E-state index in [-0.39, 0.29) is 43.8 Å². The highest BCUT2D eigenvalue weighted by Gasteiger charge is 2.19. The number of anilines is 2. The Labute approximate surface area is 199 Å². The molecule has 2 aromatic carbocycles. The highest BCUT2D eigenvalue weighted by atomic mass is 35.5. The van der Waals surface area contributed by atoms with Gasteiger partial charge in [-0.1, -0.05) is 36.5 Å². The number of carbonyl (C=O) groups excluding carboxylic acids is 2. The second-order valence-electron chi connectivity index (χ2n) is 7.16. The molecule has 0 spiro atoms. The standard InChI is InChI=1S/C23H20Cl2F2N4O2/c1-2-3-6-29-23(33)21-18(25)8-13(11-30-21)31-22(32)16-10-19(27)15(9-17(16)24)14-5-4-12(26)7-20(14)28/h4-5,7-11H,2-3,6,28H2,1H3,(H,29,33)(H,31,32). The van der Waals surface area contributed by atoms with Crippen LogP contribution in [0.15, 0.2) is 42.6 Å². The molecular formula is C23H20Cl2F2N4O2. The van der Waals surface area contributed by atoms with Gasteiger partial charge in [0.15, 0.2) is 0 Å². The molecule has 4 N–H and O–H groups in total. The summed E-state index contributed by atoms with van der Waals surface area (Å²) < 4.78 is 28.1. The third-order valence-electron chi connectivity index (χ3n) is 4.74. The molecule has 172 valence electrons. The van der Waals surface area contributed by atoms with Crippen molar-refractivity contribution in [1.29, 1.82) is 0 Å². The zero-order valence-corrected chi connectivity index (χ0v) is 19.0. The van der Waals surface area contributed by atoms with Gasteiger partial charge in [0, 0.05) is 23.4 Å². The molecule has 6 nitrogen and oxygen atoms in total. The Hall–Kier alpha value is -3.23. The van der Waals surface area contributed by atoms with Gasteiger partial charge in [0.05, 0.1) is 27.5 Å². The first kappa shape index (κ1) is 24.4. The maximum atomic E-state index is 14.8. The van der Waals surface area contributed by atoms with Gasteiger partial charge in [-0.25, -0.2) is 13.8 Å². The van der Waals surface area contributed by atoms with Gasteiger partial charge in [0.25, 0.3) is 11.8 Å². The molecule has 0 aliphatic carbocycles. The monoisotopic (exact) mass is 492 g/mol. The number of rotatable bonds is 7. The van der Waals surface area contributed by atoms with Gasteiger partial charge in [-0.3, -0.25) is 9.59 Å². The van der Waals surface area contributed by atoms with Crippen molar-refractivity contribution in [2.24, 2.45) is 0 Å². The zero-order chi connectivity index (χ0) is 24.1. The van der Waals surface area contributed by atoms with E-state index in [4.69, 9.17) is 28.9 Å². The average Bonchev–Trinajstić information content (AvgIpc) is 2.75. The molecule has 0 aliphatic rings. The summed E-state index contributed by atoms with van der Waals surface area (Å²) in [6.45, 7) is 2.49. The van der Waals surface area contributed by atoms with E-state index in [1.165, 1.54) is 24.4 Å². The Morgan fingerprint density at radius 3 is 2.45 bits per heavy atom. The first-order valence-electron chi connectivity index (χ1n) is 10.0. The van der Waals surface area contributed by atoms with Crippen LogP contribution in [0.2, 0.25) is 10.0 Å². The summed E-state index contributed by atoms with van der Waals surface area (Å²) in [4.78, 5) is 28.8. The molecule has 0 saturated heterocycles. The number of halogens is 4. The smallest absolute Gasteiger partial charge is 0.271 e. The molecule has 10 heteroatoms. The molecule has 2 amide bonds. The van der Waals surface area contributed by atoms with Crippen molar-refractivity contribution in [2.45, 2.75) is 19.8 Å². The molecule has 0 saturated carbocycles. The van der Waals surface area contributed by atoms with Crippen molar-refractivity contribution in [3.63, 3.8) is 0 Å². The maximum absolute atomic E-state index is 14.8. The van der Waals surface area contributed by atoms with E-state index in [0.29, 0.717) is 6.54 Å². The number of amides is 2. The fraction of sp³-hybridized carbons (Fsp3) is 0.174. The third kappa shape index (κ3) is 5.77. The lowest BCUT2D eigenvalue weighted by Gasteiger charge is -2.12. The van der Waals surface area contributed by atoms with E-state index in [1.54, 1.807) is 0 Å². The first-order chi connectivity index (χ1) is 15.7. The molecule has 33 heavy (non-hydrogen) atoms. The zero-order valence-electron chi connectivity index (χ0n) is 17.5. The topological polar surface area (TPSA) is 97.1 Å². The summed E-state index contributed by atoms with van der Waals surface area (Å²) in [7, 11) is 0. The molecule has 1 heterocycles. The minimum atomic E-state index is -0.766. The number of pyridine rings is 1. The van der Waals surface area contributed by atoms with Gasteiger partial charge < -0.3 is 16.4 Å². The molecule has 3 aromatic rings. The molecule has 0 aliphatic heterocycles. The Kier molecular flexibility index (Phi) is 7.84. The molecule has 0 atom stereocenters. The Bertz CT molecular complexity index is 1220. The molecule has 0 bridgehead atoms. The van der Waals surface area contributed by atoms with Crippen molar-refractivity contribution < 1.29 is 18.4 Å². The van der Waals surface area contributed by atoms with Crippen molar-refractivity contribution >= 4 is 46.4 Å². The van der Waals surface area contributed by atoms with Gasteiger partial charge >= 0.3 is 0 Å². The van der Waals surface area contributed by atoms with Gasteiger partial charge in [-0.05, 0) is 42.8 Å². The number of aromatic nitrogens is 1. The number of carbonyl (C=O) groups is 2. The summed E-state index contributed by atoms with van der Waals surface area (Å²) in [6, 6.07) is 7.09. The van der Waals surface area contributed by atoms with Crippen LogP contribution in [0.25, 0.3) is 11.1 Å². The van der Waals surface area contributed by atoms with Crippen LogP contribution in [-0.2, 0) is 0 Å². The lowest BCUT2D eigenvalue weighted by Crippen LogP contribution is -2.25. The molecule has 1 aromatic heterocycles. The lowest BCUT2D eigenvalue weighted by molar-refractivity contribution is 0.0948. The number of nitrogens with one attached hydrogen (secondary N) is 2.